The number of esters is 1. The number of carbonyl (C=O) groups excluding carboxylic acids is 1. The van der Waals surface area contributed by atoms with Crippen molar-refractivity contribution in [3.63, 3.8) is 0 Å². The number of furan rings is 1. The summed E-state index contributed by atoms with van der Waals surface area (Å²) in [5.74, 6) is 0.798. The summed E-state index contributed by atoms with van der Waals surface area (Å²) in [6.45, 7) is 6.05. The Balaban J connectivity index is 2.13. The highest BCUT2D eigenvalue weighted by molar-refractivity contribution is 7.12. The molecule has 0 amide bonds. The largest absolute Gasteiger partial charge is 0.460 e. The van der Waals surface area contributed by atoms with Gasteiger partial charge in [0.25, 0.3) is 0 Å². The topological polar surface area (TPSA) is 52.3 Å². The van der Waals surface area contributed by atoms with Gasteiger partial charge in [0, 0.05) is 22.4 Å². The predicted molar refractivity (Wildman–Crippen MR) is 72.7 cm³/mol. The quantitative estimate of drug-likeness (QED) is 0.790. The molecular formula is C14H15NO3S. The van der Waals surface area contributed by atoms with E-state index < -0.39 is 0 Å². The molecule has 19 heavy (non-hydrogen) atoms. The normalized spacial score (nSPS) is 13.0. The van der Waals surface area contributed by atoms with Crippen molar-refractivity contribution in [1.82, 2.24) is 4.98 Å². The van der Waals surface area contributed by atoms with Crippen LogP contribution in [0.25, 0.3) is 11.3 Å². The first-order chi connectivity index (χ1) is 9.11. The standard InChI is InChI=1S/C14H15NO3S/c1-4-17-14(16)13-7(2)11-9(18-13)5-6-10-12(11)15-8(3)19-10/h4-6H2,1-3H3. The second-order valence-electron chi connectivity index (χ2n) is 4.58. The fourth-order valence-electron chi connectivity index (χ4n) is 2.51. The van der Waals surface area contributed by atoms with Crippen LogP contribution in [0.5, 0.6) is 0 Å². The van der Waals surface area contributed by atoms with Gasteiger partial charge >= 0.3 is 5.97 Å². The van der Waals surface area contributed by atoms with E-state index in [-0.39, 0.29) is 5.97 Å². The molecule has 2 heterocycles. The number of nitrogens with zero attached hydrogens (tertiary/aromatic N) is 1. The lowest BCUT2D eigenvalue weighted by Crippen LogP contribution is -2.04. The fraction of sp³-hybridized carbons (Fsp3) is 0.429. The third kappa shape index (κ3) is 1.89. The zero-order valence-electron chi connectivity index (χ0n) is 11.2. The van der Waals surface area contributed by atoms with Crippen molar-refractivity contribution in [3.8, 4) is 11.3 Å². The molecular weight excluding hydrogens is 262 g/mol. The summed E-state index contributed by atoms with van der Waals surface area (Å²) in [7, 11) is 0. The number of fused-ring (bicyclic) bond motifs is 3. The highest BCUT2D eigenvalue weighted by Crippen LogP contribution is 2.40. The fourth-order valence-corrected chi connectivity index (χ4v) is 3.45. The van der Waals surface area contributed by atoms with Crippen molar-refractivity contribution >= 4 is 17.3 Å². The van der Waals surface area contributed by atoms with E-state index in [1.54, 1.807) is 18.3 Å². The summed E-state index contributed by atoms with van der Waals surface area (Å²) >= 11 is 1.72. The van der Waals surface area contributed by atoms with Crippen LogP contribution in [0.4, 0.5) is 0 Å². The lowest BCUT2D eigenvalue weighted by molar-refractivity contribution is 0.0487. The Morgan fingerprint density at radius 3 is 2.95 bits per heavy atom. The summed E-state index contributed by atoms with van der Waals surface area (Å²) in [5.41, 5.74) is 2.83. The summed E-state index contributed by atoms with van der Waals surface area (Å²) in [4.78, 5) is 17.7. The summed E-state index contributed by atoms with van der Waals surface area (Å²) in [6.07, 6.45) is 1.76. The van der Waals surface area contributed by atoms with Crippen LogP contribution in [0.2, 0.25) is 0 Å². The van der Waals surface area contributed by atoms with Gasteiger partial charge in [0.15, 0.2) is 0 Å². The van der Waals surface area contributed by atoms with Crippen LogP contribution in [-0.2, 0) is 17.6 Å². The van der Waals surface area contributed by atoms with E-state index in [9.17, 15) is 4.79 Å². The molecule has 0 saturated carbocycles. The minimum atomic E-state index is -0.386. The number of hydrogen-bond donors (Lipinski definition) is 0. The number of rotatable bonds is 2. The van der Waals surface area contributed by atoms with Crippen molar-refractivity contribution in [3.05, 3.63) is 27.0 Å². The Labute approximate surface area is 115 Å². The van der Waals surface area contributed by atoms with Crippen molar-refractivity contribution in [2.24, 2.45) is 0 Å². The molecule has 0 radical (unpaired) electrons. The highest BCUT2D eigenvalue weighted by Gasteiger charge is 2.30. The molecule has 0 saturated heterocycles. The third-order valence-corrected chi connectivity index (χ3v) is 4.33. The van der Waals surface area contributed by atoms with E-state index in [2.05, 4.69) is 4.98 Å². The molecule has 0 aliphatic heterocycles. The van der Waals surface area contributed by atoms with Gasteiger partial charge in [-0.2, -0.15) is 0 Å². The first-order valence-corrected chi connectivity index (χ1v) is 7.19. The minimum Gasteiger partial charge on any atom is -0.460 e. The Hall–Kier alpha value is -1.62. The summed E-state index contributed by atoms with van der Waals surface area (Å²) in [6, 6.07) is 0. The average Bonchev–Trinajstić information content (AvgIpc) is 2.89. The lowest BCUT2D eigenvalue weighted by atomic mass is 9.97. The van der Waals surface area contributed by atoms with Gasteiger partial charge in [-0.05, 0) is 27.2 Å². The molecule has 3 rings (SSSR count). The van der Waals surface area contributed by atoms with Crippen molar-refractivity contribution < 1.29 is 13.9 Å². The highest BCUT2D eigenvalue weighted by atomic mass is 32.1. The number of ether oxygens (including phenoxy) is 1. The Bertz CT molecular complexity index is 654. The van der Waals surface area contributed by atoms with Crippen molar-refractivity contribution in [2.75, 3.05) is 6.61 Å². The number of hydrogen-bond acceptors (Lipinski definition) is 5. The van der Waals surface area contributed by atoms with Gasteiger partial charge < -0.3 is 9.15 Å². The molecule has 2 aromatic heterocycles. The van der Waals surface area contributed by atoms with E-state index in [4.69, 9.17) is 9.15 Å². The van der Waals surface area contributed by atoms with Gasteiger partial charge in [-0.15, -0.1) is 11.3 Å². The molecule has 4 nitrogen and oxygen atoms in total. The van der Waals surface area contributed by atoms with Crippen molar-refractivity contribution in [1.29, 1.82) is 0 Å². The second-order valence-corrected chi connectivity index (χ2v) is 5.87. The predicted octanol–water partition coefficient (Wildman–Crippen LogP) is 3.30. The molecule has 0 N–H and O–H groups in total. The number of carbonyl (C=O) groups is 1. The van der Waals surface area contributed by atoms with Crippen LogP contribution in [0.15, 0.2) is 4.42 Å². The Morgan fingerprint density at radius 1 is 1.42 bits per heavy atom. The van der Waals surface area contributed by atoms with Gasteiger partial charge in [0.05, 0.1) is 17.3 Å². The lowest BCUT2D eigenvalue weighted by Gasteiger charge is -2.09. The van der Waals surface area contributed by atoms with Gasteiger partial charge in [-0.3, -0.25) is 0 Å². The summed E-state index contributed by atoms with van der Waals surface area (Å²) < 4.78 is 10.7. The van der Waals surface area contributed by atoms with Gasteiger partial charge in [-0.1, -0.05) is 0 Å². The third-order valence-electron chi connectivity index (χ3n) is 3.30. The monoisotopic (exact) mass is 277 g/mol. The molecule has 5 heteroatoms. The first kappa shape index (κ1) is 12.4. The minimum absolute atomic E-state index is 0.324. The van der Waals surface area contributed by atoms with Gasteiger partial charge in [-0.25, -0.2) is 9.78 Å². The number of aryl methyl sites for hydroxylation is 3. The molecule has 0 bridgehead atoms. The van der Waals surface area contributed by atoms with E-state index in [1.165, 1.54) is 4.88 Å². The van der Waals surface area contributed by atoms with E-state index in [1.807, 2.05) is 13.8 Å². The van der Waals surface area contributed by atoms with E-state index in [0.29, 0.717) is 12.4 Å². The van der Waals surface area contributed by atoms with Crippen LogP contribution < -0.4 is 0 Å². The molecule has 1 aliphatic carbocycles. The van der Waals surface area contributed by atoms with Gasteiger partial charge in [0.1, 0.15) is 5.76 Å². The second kappa shape index (κ2) is 4.49. The van der Waals surface area contributed by atoms with E-state index >= 15 is 0 Å². The van der Waals surface area contributed by atoms with Gasteiger partial charge in [0.2, 0.25) is 5.76 Å². The van der Waals surface area contributed by atoms with Crippen molar-refractivity contribution in [2.45, 2.75) is 33.6 Å². The molecule has 0 unspecified atom stereocenters. The smallest absolute Gasteiger partial charge is 0.374 e. The maximum absolute atomic E-state index is 11.9. The van der Waals surface area contributed by atoms with E-state index in [0.717, 1.165) is 40.4 Å². The molecule has 0 fully saturated rings. The maximum atomic E-state index is 11.9. The summed E-state index contributed by atoms with van der Waals surface area (Å²) in [5, 5.41) is 1.05. The molecule has 0 aromatic carbocycles. The molecule has 0 atom stereocenters. The number of aromatic nitrogens is 1. The molecule has 100 valence electrons. The Morgan fingerprint density at radius 2 is 2.21 bits per heavy atom. The van der Waals surface area contributed by atoms with Crippen LogP contribution in [0.1, 0.15) is 38.7 Å². The van der Waals surface area contributed by atoms with Crippen LogP contribution in [-0.4, -0.2) is 17.6 Å². The van der Waals surface area contributed by atoms with Crippen LogP contribution >= 0.6 is 11.3 Å². The maximum Gasteiger partial charge on any atom is 0.374 e. The first-order valence-electron chi connectivity index (χ1n) is 6.37. The zero-order valence-corrected chi connectivity index (χ0v) is 12.0. The molecule has 0 spiro atoms. The zero-order chi connectivity index (χ0) is 13.6. The molecule has 2 aromatic rings. The van der Waals surface area contributed by atoms with Crippen LogP contribution in [0.3, 0.4) is 0 Å². The number of thiazole rings is 1. The van der Waals surface area contributed by atoms with Crippen LogP contribution in [0, 0.1) is 13.8 Å². The average molecular weight is 277 g/mol. The SMILES string of the molecule is CCOC(=O)c1oc2c(c1C)-c1nc(C)sc1CC2. The Kier molecular flexibility index (Phi) is 2.93. The molecule has 1 aliphatic rings.